The van der Waals surface area contributed by atoms with Crippen molar-refractivity contribution < 1.29 is 4.79 Å². The predicted octanol–water partition coefficient (Wildman–Crippen LogP) is 2.50. The summed E-state index contributed by atoms with van der Waals surface area (Å²) in [7, 11) is 0. The minimum Gasteiger partial charge on any atom is -0.290 e. The maximum atomic E-state index is 12.0. The van der Waals surface area contributed by atoms with Crippen LogP contribution in [0, 0.1) is 5.92 Å². The van der Waals surface area contributed by atoms with Gasteiger partial charge in [-0.05, 0) is 30.5 Å². The monoisotopic (exact) mass is 239 g/mol. The van der Waals surface area contributed by atoms with Crippen molar-refractivity contribution >= 4 is 11.9 Å². The van der Waals surface area contributed by atoms with Crippen molar-refractivity contribution in [2.75, 3.05) is 0 Å². The van der Waals surface area contributed by atoms with Crippen LogP contribution < -0.4 is 0 Å². The number of carbonyl (C=O) groups is 1. The highest BCUT2D eigenvalue weighted by Crippen LogP contribution is 2.32. The lowest BCUT2D eigenvalue weighted by atomic mass is 10.2. The smallest absolute Gasteiger partial charge is 0.203 e. The van der Waals surface area contributed by atoms with Crippen LogP contribution >= 0.6 is 0 Å². The molecule has 0 saturated heterocycles. The van der Waals surface area contributed by atoms with Crippen LogP contribution in [0.15, 0.2) is 37.2 Å². The first-order valence-electron chi connectivity index (χ1n) is 5.96. The zero-order chi connectivity index (χ0) is 12.5. The van der Waals surface area contributed by atoms with Crippen LogP contribution in [0.3, 0.4) is 0 Å². The molecular weight excluding hydrogens is 226 g/mol. The molecule has 1 aliphatic rings. The summed E-state index contributed by atoms with van der Waals surface area (Å²) in [5.74, 6) is 0.685. The number of carbonyl (C=O) groups excluding carboxylic acids is 1. The van der Waals surface area contributed by atoms with Crippen molar-refractivity contribution in [2.24, 2.45) is 5.92 Å². The second kappa shape index (κ2) is 4.22. The lowest BCUT2D eigenvalue weighted by Crippen LogP contribution is -2.11. The number of ketones is 1. The first kappa shape index (κ1) is 10.9. The summed E-state index contributed by atoms with van der Waals surface area (Å²) in [5.41, 5.74) is 1.89. The third-order valence-corrected chi connectivity index (χ3v) is 3.09. The fourth-order valence-electron chi connectivity index (χ4n) is 1.88. The summed E-state index contributed by atoms with van der Waals surface area (Å²) < 4.78 is 1.60. The molecule has 1 heterocycles. The molecule has 1 fully saturated rings. The number of hydrogen-bond acceptors (Lipinski definition) is 3. The summed E-state index contributed by atoms with van der Waals surface area (Å²) in [4.78, 5) is 16.1. The summed E-state index contributed by atoms with van der Waals surface area (Å²) in [6.07, 6.45) is 5.15. The molecule has 0 aliphatic heterocycles. The van der Waals surface area contributed by atoms with E-state index in [4.69, 9.17) is 0 Å². The second-order valence-corrected chi connectivity index (χ2v) is 4.43. The summed E-state index contributed by atoms with van der Waals surface area (Å²) in [5, 5.41) is 4.13. The lowest BCUT2D eigenvalue weighted by molar-refractivity contribution is 0.0955. The van der Waals surface area contributed by atoms with Gasteiger partial charge in [-0.3, -0.25) is 4.79 Å². The van der Waals surface area contributed by atoms with E-state index in [1.54, 1.807) is 10.8 Å². The Morgan fingerprint density at radius 1 is 1.33 bits per heavy atom. The number of aromatic nitrogens is 3. The average molecular weight is 239 g/mol. The van der Waals surface area contributed by atoms with E-state index >= 15 is 0 Å². The Labute approximate surface area is 105 Å². The highest BCUT2D eigenvalue weighted by molar-refractivity contribution is 5.96. The van der Waals surface area contributed by atoms with E-state index in [1.807, 2.05) is 24.3 Å². The van der Waals surface area contributed by atoms with Crippen molar-refractivity contribution in [2.45, 2.75) is 12.8 Å². The van der Waals surface area contributed by atoms with E-state index in [0.717, 1.165) is 24.1 Å². The molecule has 1 aromatic heterocycles. The Morgan fingerprint density at radius 3 is 2.67 bits per heavy atom. The standard InChI is InChI=1S/C14H13N3O/c1-2-10-3-7-12(8-4-10)17-14(15-9-16-17)13(18)11-5-6-11/h2-4,7-9,11H,1,5-6H2. The zero-order valence-corrected chi connectivity index (χ0v) is 9.91. The van der Waals surface area contributed by atoms with E-state index in [2.05, 4.69) is 16.7 Å². The predicted molar refractivity (Wildman–Crippen MR) is 68.5 cm³/mol. The van der Waals surface area contributed by atoms with Crippen LogP contribution in [0.1, 0.15) is 29.0 Å². The molecule has 1 aliphatic carbocycles. The number of rotatable bonds is 4. The van der Waals surface area contributed by atoms with Gasteiger partial charge in [0, 0.05) is 5.92 Å². The maximum Gasteiger partial charge on any atom is 0.203 e. The molecule has 2 aromatic rings. The fourth-order valence-corrected chi connectivity index (χ4v) is 1.88. The van der Waals surface area contributed by atoms with Gasteiger partial charge in [-0.2, -0.15) is 5.10 Å². The molecule has 3 rings (SSSR count). The first-order valence-corrected chi connectivity index (χ1v) is 5.96. The molecular formula is C14H13N3O. The third kappa shape index (κ3) is 1.86. The van der Waals surface area contributed by atoms with Gasteiger partial charge < -0.3 is 0 Å². The first-order chi connectivity index (χ1) is 8.79. The Bertz CT molecular complexity index is 594. The van der Waals surface area contributed by atoms with Gasteiger partial charge in [0.2, 0.25) is 5.78 Å². The molecule has 0 amide bonds. The molecule has 0 spiro atoms. The molecule has 18 heavy (non-hydrogen) atoms. The van der Waals surface area contributed by atoms with Crippen molar-refractivity contribution in [1.29, 1.82) is 0 Å². The van der Waals surface area contributed by atoms with Gasteiger partial charge in [-0.15, -0.1) is 0 Å². The van der Waals surface area contributed by atoms with Gasteiger partial charge >= 0.3 is 0 Å². The Hall–Kier alpha value is -2.23. The van der Waals surface area contributed by atoms with Crippen LogP contribution in [0.5, 0.6) is 0 Å². The van der Waals surface area contributed by atoms with Crippen molar-refractivity contribution in [3.63, 3.8) is 0 Å². The van der Waals surface area contributed by atoms with Crippen LogP contribution in [0.4, 0.5) is 0 Å². The highest BCUT2D eigenvalue weighted by Gasteiger charge is 2.33. The quantitative estimate of drug-likeness (QED) is 0.770. The minimum absolute atomic E-state index is 0.0975. The Kier molecular flexibility index (Phi) is 2.55. The normalized spacial score (nSPS) is 14.4. The van der Waals surface area contributed by atoms with E-state index in [9.17, 15) is 4.79 Å². The van der Waals surface area contributed by atoms with Crippen LogP contribution in [-0.4, -0.2) is 20.5 Å². The van der Waals surface area contributed by atoms with Gasteiger partial charge in [-0.25, -0.2) is 9.67 Å². The van der Waals surface area contributed by atoms with E-state index in [1.165, 1.54) is 6.33 Å². The Morgan fingerprint density at radius 2 is 2.06 bits per heavy atom. The SMILES string of the molecule is C=Cc1ccc(-n2ncnc2C(=O)C2CC2)cc1. The molecule has 0 bridgehead atoms. The molecule has 90 valence electrons. The number of benzene rings is 1. The highest BCUT2D eigenvalue weighted by atomic mass is 16.1. The topological polar surface area (TPSA) is 47.8 Å². The van der Waals surface area contributed by atoms with Crippen LogP contribution in [-0.2, 0) is 0 Å². The summed E-state index contributed by atoms with van der Waals surface area (Å²) in [6, 6.07) is 7.70. The van der Waals surface area contributed by atoms with Gasteiger partial charge in [-0.1, -0.05) is 24.8 Å². The fraction of sp³-hybridized carbons (Fsp3) is 0.214. The minimum atomic E-state index is 0.0975. The van der Waals surface area contributed by atoms with Crippen molar-refractivity contribution in [1.82, 2.24) is 14.8 Å². The molecule has 0 N–H and O–H groups in total. The van der Waals surface area contributed by atoms with Crippen LogP contribution in [0.2, 0.25) is 0 Å². The second-order valence-electron chi connectivity index (χ2n) is 4.43. The molecule has 1 aromatic carbocycles. The van der Waals surface area contributed by atoms with Crippen molar-refractivity contribution in [3.8, 4) is 5.69 Å². The van der Waals surface area contributed by atoms with Crippen LogP contribution in [0.25, 0.3) is 11.8 Å². The molecule has 4 heteroatoms. The molecule has 4 nitrogen and oxygen atoms in total. The van der Waals surface area contributed by atoms with E-state index in [-0.39, 0.29) is 11.7 Å². The third-order valence-electron chi connectivity index (χ3n) is 3.09. The van der Waals surface area contributed by atoms with Gasteiger partial charge in [0.25, 0.3) is 0 Å². The van der Waals surface area contributed by atoms with Gasteiger partial charge in [0.05, 0.1) is 5.69 Å². The molecule has 0 unspecified atom stereocenters. The molecule has 0 atom stereocenters. The number of Topliss-reactive ketones (excluding diaryl/α,β-unsaturated/α-hetero) is 1. The lowest BCUT2D eigenvalue weighted by Gasteiger charge is -2.05. The number of hydrogen-bond donors (Lipinski definition) is 0. The average Bonchev–Trinajstić information content (AvgIpc) is 3.15. The maximum absolute atomic E-state index is 12.0. The van der Waals surface area contributed by atoms with Gasteiger partial charge in [0.1, 0.15) is 6.33 Å². The van der Waals surface area contributed by atoms with E-state index in [0.29, 0.717) is 5.82 Å². The zero-order valence-electron chi connectivity index (χ0n) is 9.91. The largest absolute Gasteiger partial charge is 0.290 e. The number of nitrogens with zero attached hydrogens (tertiary/aromatic N) is 3. The molecule has 0 radical (unpaired) electrons. The van der Waals surface area contributed by atoms with E-state index < -0.39 is 0 Å². The molecule has 1 saturated carbocycles. The summed E-state index contributed by atoms with van der Waals surface area (Å²) >= 11 is 0. The Balaban J connectivity index is 1.97. The van der Waals surface area contributed by atoms with Crippen molar-refractivity contribution in [3.05, 3.63) is 48.6 Å². The van der Waals surface area contributed by atoms with Gasteiger partial charge in [0.15, 0.2) is 5.82 Å². The summed E-state index contributed by atoms with van der Waals surface area (Å²) in [6.45, 7) is 3.71.